The van der Waals surface area contributed by atoms with Crippen LogP contribution < -0.4 is 5.32 Å². The summed E-state index contributed by atoms with van der Waals surface area (Å²) in [4.78, 5) is 11.9. The third-order valence-corrected chi connectivity index (χ3v) is 3.37. The summed E-state index contributed by atoms with van der Waals surface area (Å²) in [6, 6.07) is 0. The van der Waals surface area contributed by atoms with Crippen LogP contribution in [0.5, 0.6) is 0 Å². The van der Waals surface area contributed by atoms with Gasteiger partial charge in [-0.25, -0.2) is 9.18 Å². The van der Waals surface area contributed by atoms with Crippen LogP contribution in [-0.4, -0.2) is 23.4 Å². The Labute approximate surface area is 109 Å². The fraction of sp³-hybridized carbons (Fsp3) is 0.929. The minimum Gasteiger partial charge on any atom is -0.444 e. The van der Waals surface area contributed by atoms with Crippen LogP contribution in [0.15, 0.2) is 0 Å². The summed E-state index contributed by atoms with van der Waals surface area (Å²) in [7, 11) is 0. The molecule has 0 aromatic rings. The van der Waals surface area contributed by atoms with Gasteiger partial charge in [0, 0.05) is 5.54 Å². The lowest BCUT2D eigenvalue weighted by Gasteiger charge is -2.39. The molecule has 1 rings (SSSR count). The molecule has 0 radical (unpaired) electrons. The van der Waals surface area contributed by atoms with E-state index in [1.165, 1.54) is 0 Å². The van der Waals surface area contributed by atoms with Gasteiger partial charge in [-0.1, -0.05) is 13.3 Å². The number of amides is 1. The molecule has 0 unspecified atom stereocenters. The molecule has 1 amide bonds. The Morgan fingerprint density at radius 1 is 1.39 bits per heavy atom. The van der Waals surface area contributed by atoms with E-state index in [-0.39, 0.29) is 11.6 Å². The third kappa shape index (κ3) is 4.83. The van der Waals surface area contributed by atoms with Gasteiger partial charge in [0.1, 0.15) is 11.8 Å². The molecule has 0 aromatic carbocycles. The first kappa shape index (κ1) is 15.3. The zero-order valence-electron chi connectivity index (χ0n) is 12.0. The van der Waals surface area contributed by atoms with Gasteiger partial charge in [-0.2, -0.15) is 0 Å². The lowest BCUT2D eigenvalue weighted by atomic mass is 9.78. The molecule has 1 saturated carbocycles. The number of ether oxygens (including phenoxy) is 1. The van der Waals surface area contributed by atoms with Crippen molar-refractivity contribution in [1.29, 1.82) is 0 Å². The summed E-state index contributed by atoms with van der Waals surface area (Å²) in [5, 5.41) is 2.98. The average Bonchev–Trinajstić information content (AvgIpc) is 2.20. The van der Waals surface area contributed by atoms with E-state index in [1.54, 1.807) is 0 Å². The second kappa shape index (κ2) is 5.89. The minimum absolute atomic E-state index is 0.264. The molecule has 106 valence electrons. The average molecular weight is 259 g/mol. The molecule has 1 fully saturated rings. The molecule has 0 saturated heterocycles. The number of rotatable bonds is 3. The molecule has 0 spiro atoms. The summed E-state index contributed by atoms with van der Waals surface area (Å²) in [5.74, 6) is 0. The van der Waals surface area contributed by atoms with Gasteiger partial charge in [0.25, 0.3) is 0 Å². The van der Waals surface area contributed by atoms with Crippen molar-refractivity contribution in [2.75, 3.05) is 0 Å². The molecule has 0 bridgehead atoms. The lowest BCUT2D eigenvalue weighted by Crippen LogP contribution is -2.52. The van der Waals surface area contributed by atoms with Crippen LogP contribution in [0.25, 0.3) is 0 Å². The summed E-state index contributed by atoms with van der Waals surface area (Å²) in [5.41, 5.74) is -0.756. The molecule has 3 nitrogen and oxygen atoms in total. The summed E-state index contributed by atoms with van der Waals surface area (Å²) >= 11 is 0. The van der Waals surface area contributed by atoms with Crippen molar-refractivity contribution in [3.8, 4) is 0 Å². The Balaban J connectivity index is 2.60. The highest BCUT2D eigenvalue weighted by atomic mass is 19.1. The van der Waals surface area contributed by atoms with Gasteiger partial charge < -0.3 is 10.1 Å². The van der Waals surface area contributed by atoms with Crippen molar-refractivity contribution >= 4 is 6.09 Å². The van der Waals surface area contributed by atoms with E-state index in [0.717, 1.165) is 12.8 Å². The molecular weight excluding hydrogens is 233 g/mol. The molecule has 0 atom stereocenters. The first-order valence-electron chi connectivity index (χ1n) is 6.91. The quantitative estimate of drug-likeness (QED) is 0.833. The standard InChI is InChI=1S/C14H26FNO2/c1-5-8-14(9-6-11(15)7-10-14)16-12(17)18-13(2,3)4/h11H,5-10H2,1-4H3,(H,16,17). The van der Waals surface area contributed by atoms with Crippen LogP contribution in [0.4, 0.5) is 9.18 Å². The Morgan fingerprint density at radius 3 is 2.39 bits per heavy atom. The van der Waals surface area contributed by atoms with Gasteiger partial charge in [-0.3, -0.25) is 0 Å². The first-order chi connectivity index (χ1) is 8.26. The molecule has 0 aromatic heterocycles. The van der Waals surface area contributed by atoms with Crippen LogP contribution in [0.1, 0.15) is 66.2 Å². The van der Waals surface area contributed by atoms with Crippen molar-refractivity contribution in [1.82, 2.24) is 5.32 Å². The molecule has 1 aliphatic carbocycles. The summed E-state index contributed by atoms with van der Waals surface area (Å²) in [6.07, 6.45) is 3.27. The van der Waals surface area contributed by atoms with Crippen molar-refractivity contribution in [2.24, 2.45) is 0 Å². The van der Waals surface area contributed by atoms with Crippen molar-refractivity contribution in [2.45, 2.75) is 83.5 Å². The molecule has 0 heterocycles. The van der Waals surface area contributed by atoms with Gasteiger partial charge in [0.15, 0.2) is 0 Å². The molecule has 1 N–H and O–H groups in total. The smallest absolute Gasteiger partial charge is 0.408 e. The lowest BCUT2D eigenvalue weighted by molar-refractivity contribution is 0.0384. The van der Waals surface area contributed by atoms with Gasteiger partial charge in [0.05, 0.1) is 0 Å². The van der Waals surface area contributed by atoms with Crippen molar-refractivity contribution in [3.63, 3.8) is 0 Å². The number of hydrogen-bond donors (Lipinski definition) is 1. The number of carbonyl (C=O) groups excluding carboxylic acids is 1. The van der Waals surface area contributed by atoms with Crippen LogP contribution in [-0.2, 0) is 4.74 Å². The van der Waals surface area contributed by atoms with E-state index in [0.29, 0.717) is 25.7 Å². The van der Waals surface area contributed by atoms with Gasteiger partial charge in [-0.15, -0.1) is 0 Å². The van der Waals surface area contributed by atoms with E-state index < -0.39 is 11.8 Å². The minimum atomic E-state index is -0.713. The maximum Gasteiger partial charge on any atom is 0.408 e. The Kier molecular flexibility index (Phi) is 5.00. The first-order valence-corrected chi connectivity index (χ1v) is 6.91. The number of hydrogen-bond acceptors (Lipinski definition) is 2. The normalized spacial score (nSPS) is 28.8. The molecule has 1 aliphatic rings. The monoisotopic (exact) mass is 259 g/mol. The highest BCUT2D eigenvalue weighted by Gasteiger charge is 2.37. The molecule has 0 aliphatic heterocycles. The van der Waals surface area contributed by atoms with E-state index in [1.807, 2.05) is 20.8 Å². The van der Waals surface area contributed by atoms with Crippen LogP contribution in [0, 0.1) is 0 Å². The number of alkyl carbamates (subject to hydrolysis) is 1. The van der Waals surface area contributed by atoms with E-state index in [2.05, 4.69) is 12.2 Å². The summed E-state index contributed by atoms with van der Waals surface area (Å²) < 4.78 is 18.5. The number of carbonyl (C=O) groups is 1. The number of nitrogens with one attached hydrogen (secondary N) is 1. The maximum absolute atomic E-state index is 13.2. The second-order valence-electron chi connectivity index (χ2n) is 6.33. The van der Waals surface area contributed by atoms with E-state index in [4.69, 9.17) is 4.74 Å². The zero-order chi connectivity index (χ0) is 13.8. The SMILES string of the molecule is CCCC1(NC(=O)OC(C)(C)C)CCC(F)CC1. The zero-order valence-corrected chi connectivity index (χ0v) is 12.0. The maximum atomic E-state index is 13.2. The Bertz CT molecular complexity index is 278. The van der Waals surface area contributed by atoms with E-state index in [9.17, 15) is 9.18 Å². The largest absolute Gasteiger partial charge is 0.444 e. The molecule has 18 heavy (non-hydrogen) atoms. The fourth-order valence-electron chi connectivity index (χ4n) is 2.57. The predicted octanol–water partition coefficient (Wildman–Crippen LogP) is 3.96. The van der Waals surface area contributed by atoms with Gasteiger partial charge in [-0.05, 0) is 52.9 Å². The van der Waals surface area contributed by atoms with Crippen LogP contribution >= 0.6 is 0 Å². The Morgan fingerprint density at radius 2 is 1.94 bits per heavy atom. The number of alkyl halides is 1. The molecule has 4 heteroatoms. The van der Waals surface area contributed by atoms with Crippen molar-refractivity contribution in [3.05, 3.63) is 0 Å². The second-order valence-corrected chi connectivity index (χ2v) is 6.33. The number of halogens is 1. The Hall–Kier alpha value is -0.800. The van der Waals surface area contributed by atoms with Crippen LogP contribution in [0.3, 0.4) is 0 Å². The molecular formula is C14H26FNO2. The van der Waals surface area contributed by atoms with Gasteiger partial charge >= 0.3 is 6.09 Å². The highest BCUT2D eigenvalue weighted by Crippen LogP contribution is 2.33. The highest BCUT2D eigenvalue weighted by molar-refractivity contribution is 5.68. The fourth-order valence-corrected chi connectivity index (χ4v) is 2.57. The third-order valence-electron chi connectivity index (χ3n) is 3.37. The predicted molar refractivity (Wildman–Crippen MR) is 70.4 cm³/mol. The van der Waals surface area contributed by atoms with E-state index >= 15 is 0 Å². The van der Waals surface area contributed by atoms with Gasteiger partial charge in [0.2, 0.25) is 0 Å². The van der Waals surface area contributed by atoms with Crippen LogP contribution in [0.2, 0.25) is 0 Å². The van der Waals surface area contributed by atoms with Crippen molar-refractivity contribution < 1.29 is 13.9 Å². The summed E-state index contributed by atoms with van der Waals surface area (Å²) in [6.45, 7) is 7.62. The topological polar surface area (TPSA) is 38.3 Å².